The van der Waals surface area contributed by atoms with Crippen LogP contribution in [0.2, 0.25) is 0 Å². The minimum absolute atomic E-state index is 0.000139. The summed E-state index contributed by atoms with van der Waals surface area (Å²) in [6.45, 7) is 13.5. The quantitative estimate of drug-likeness (QED) is 0.687. The zero-order valence-electron chi connectivity index (χ0n) is 11.6. The minimum Gasteiger partial charge on any atom is -0.367 e. The molecule has 3 N–H and O–H groups in total. The van der Waals surface area contributed by atoms with E-state index in [2.05, 4.69) is 39.9 Å². The number of hydrogen-bond acceptors (Lipinski definition) is 3. The van der Waals surface area contributed by atoms with Crippen LogP contribution in [0.1, 0.15) is 48.0 Å². The fourth-order valence-corrected chi connectivity index (χ4v) is 2.10. The lowest BCUT2D eigenvalue weighted by Gasteiger charge is -2.34. The highest BCUT2D eigenvalue weighted by atomic mass is 16.5. The van der Waals surface area contributed by atoms with Crippen LogP contribution in [0.4, 0.5) is 0 Å². The summed E-state index contributed by atoms with van der Waals surface area (Å²) in [5.74, 6) is 0. The van der Waals surface area contributed by atoms with Gasteiger partial charge in [0, 0.05) is 6.54 Å². The van der Waals surface area contributed by atoms with Crippen molar-refractivity contribution in [2.24, 2.45) is 11.1 Å². The van der Waals surface area contributed by atoms with E-state index in [1.54, 1.807) is 0 Å². The van der Waals surface area contributed by atoms with Crippen molar-refractivity contribution in [3.05, 3.63) is 12.3 Å². The second kappa shape index (κ2) is 6.26. The lowest BCUT2D eigenvalue weighted by Crippen LogP contribution is -2.38. The van der Waals surface area contributed by atoms with Crippen LogP contribution in [0.15, 0.2) is 12.3 Å². The monoisotopic (exact) mass is 228 g/mol. The second-order valence-corrected chi connectivity index (χ2v) is 6.06. The molecule has 0 aliphatic rings. The van der Waals surface area contributed by atoms with Crippen LogP contribution in [-0.4, -0.2) is 18.4 Å². The standard InChI is InChI=1S/C13H28N2O/c1-11(15-9-7-8-14)16-13(5,6)10-12(2,3)4/h7,9,11,15H,8,10,14H2,1-6H3. The third kappa shape index (κ3) is 8.74. The van der Waals surface area contributed by atoms with Gasteiger partial charge in [0.1, 0.15) is 6.23 Å². The fraction of sp³-hybridized carbons (Fsp3) is 0.846. The smallest absolute Gasteiger partial charge is 0.125 e. The number of nitrogens with one attached hydrogen (secondary N) is 1. The third-order valence-electron chi connectivity index (χ3n) is 2.04. The average molecular weight is 228 g/mol. The molecule has 96 valence electrons. The van der Waals surface area contributed by atoms with Crippen molar-refractivity contribution < 1.29 is 4.74 Å². The van der Waals surface area contributed by atoms with Crippen LogP contribution in [0.25, 0.3) is 0 Å². The highest BCUT2D eigenvalue weighted by Gasteiger charge is 2.27. The molecule has 3 heteroatoms. The summed E-state index contributed by atoms with van der Waals surface area (Å²) in [5, 5.41) is 3.14. The molecule has 0 aliphatic heterocycles. The zero-order chi connectivity index (χ0) is 12.8. The van der Waals surface area contributed by atoms with Crippen molar-refractivity contribution in [3.63, 3.8) is 0 Å². The molecule has 0 saturated heterocycles. The fourth-order valence-electron chi connectivity index (χ4n) is 2.10. The SMILES string of the molecule is CC(NC=CCN)OC(C)(C)CC(C)(C)C. The van der Waals surface area contributed by atoms with Crippen LogP contribution in [0.3, 0.4) is 0 Å². The van der Waals surface area contributed by atoms with E-state index in [4.69, 9.17) is 10.5 Å². The maximum atomic E-state index is 5.96. The summed E-state index contributed by atoms with van der Waals surface area (Å²) in [5.41, 5.74) is 5.51. The van der Waals surface area contributed by atoms with Crippen molar-refractivity contribution in [1.82, 2.24) is 5.32 Å². The summed E-state index contributed by atoms with van der Waals surface area (Å²) >= 11 is 0. The normalized spacial score (nSPS) is 15.4. The van der Waals surface area contributed by atoms with E-state index in [9.17, 15) is 0 Å². The van der Waals surface area contributed by atoms with Gasteiger partial charge in [0.15, 0.2) is 0 Å². The molecule has 0 bridgehead atoms. The average Bonchev–Trinajstić information content (AvgIpc) is 1.98. The Balaban J connectivity index is 4.09. The number of nitrogens with two attached hydrogens (primary N) is 1. The molecule has 0 saturated carbocycles. The second-order valence-electron chi connectivity index (χ2n) is 6.06. The zero-order valence-corrected chi connectivity index (χ0v) is 11.6. The van der Waals surface area contributed by atoms with Gasteiger partial charge in [0.2, 0.25) is 0 Å². The van der Waals surface area contributed by atoms with Crippen molar-refractivity contribution >= 4 is 0 Å². The van der Waals surface area contributed by atoms with Crippen molar-refractivity contribution in [2.45, 2.75) is 59.8 Å². The molecule has 3 nitrogen and oxygen atoms in total. The van der Waals surface area contributed by atoms with Gasteiger partial charge < -0.3 is 15.8 Å². The third-order valence-corrected chi connectivity index (χ3v) is 2.04. The van der Waals surface area contributed by atoms with E-state index in [0.717, 1.165) is 6.42 Å². The largest absolute Gasteiger partial charge is 0.367 e. The van der Waals surface area contributed by atoms with E-state index in [-0.39, 0.29) is 17.2 Å². The molecule has 0 aromatic rings. The molecule has 16 heavy (non-hydrogen) atoms. The maximum absolute atomic E-state index is 5.96. The van der Waals surface area contributed by atoms with Crippen molar-refractivity contribution in [3.8, 4) is 0 Å². The first-order valence-corrected chi connectivity index (χ1v) is 5.95. The molecule has 1 atom stereocenters. The molecule has 0 heterocycles. The Morgan fingerprint density at radius 1 is 1.25 bits per heavy atom. The molecule has 0 amide bonds. The van der Waals surface area contributed by atoms with E-state index >= 15 is 0 Å². The van der Waals surface area contributed by atoms with Crippen LogP contribution in [0.5, 0.6) is 0 Å². The number of hydrogen-bond donors (Lipinski definition) is 2. The topological polar surface area (TPSA) is 47.3 Å². The van der Waals surface area contributed by atoms with Crippen molar-refractivity contribution in [1.29, 1.82) is 0 Å². The molecule has 0 aromatic carbocycles. The minimum atomic E-state index is -0.124. The van der Waals surface area contributed by atoms with E-state index in [0.29, 0.717) is 6.54 Å². The Hall–Kier alpha value is -0.540. The predicted octanol–water partition coefficient (Wildman–Crippen LogP) is 2.63. The van der Waals surface area contributed by atoms with Crippen LogP contribution < -0.4 is 11.1 Å². The van der Waals surface area contributed by atoms with E-state index in [1.807, 2.05) is 19.2 Å². The maximum Gasteiger partial charge on any atom is 0.125 e. The Bertz CT molecular complexity index is 216. The van der Waals surface area contributed by atoms with Gasteiger partial charge in [-0.05, 0) is 38.8 Å². The molecule has 0 rings (SSSR count). The van der Waals surface area contributed by atoms with Gasteiger partial charge in [-0.25, -0.2) is 0 Å². The summed E-state index contributed by atoms with van der Waals surface area (Å²) < 4.78 is 5.96. The first-order chi connectivity index (χ1) is 7.16. The van der Waals surface area contributed by atoms with Gasteiger partial charge in [-0.3, -0.25) is 0 Å². The molecular weight excluding hydrogens is 200 g/mol. The van der Waals surface area contributed by atoms with Crippen LogP contribution in [-0.2, 0) is 4.74 Å². The van der Waals surface area contributed by atoms with Gasteiger partial charge >= 0.3 is 0 Å². The summed E-state index contributed by atoms with van der Waals surface area (Å²) in [6, 6.07) is 0. The highest BCUT2D eigenvalue weighted by Crippen LogP contribution is 2.29. The first-order valence-electron chi connectivity index (χ1n) is 5.95. The lowest BCUT2D eigenvalue weighted by molar-refractivity contribution is -0.0906. The molecule has 0 spiro atoms. The van der Waals surface area contributed by atoms with Crippen LogP contribution >= 0.6 is 0 Å². The highest BCUT2D eigenvalue weighted by molar-refractivity contribution is 4.82. The number of ether oxygens (including phenoxy) is 1. The van der Waals surface area contributed by atoms with Gasteiger partial charge in [0.05, 0.1) is 5.60 Å². The van der Waals surface area contributed by atoms with E-state index in [1.165, 1.54) is 0 Å². The molecule has 0 aromatic heterocycles. The Morgan fingerprint density at radius 2 is 1.81 bits per heavy atom. The molecule has 0 aliphatic carbocycles. The molecule has 1 unspecified atom stereocenters. The van der Waals surface area contributed by atoms with Gasteiger partial charge in [-0.1, -0.05) is 26.8 Å². The van der Waals surface area contributed by atoms with Crippen molar-refractivity contribution in [2.75, 3.05) is 6.54 Å². The van der Waals surface area contributed by atoms with Gasteiger partial charge in [-0.2, -0.15) is 0 Å². The Labute approximate surface area is 100 Å². The van der Waals surface area contributed by atoms with Gasteiger partial charge in [0.25, 0.3) is 0 Å². The Kier molecular flexibility index (Phi) is 6.05. The summed E-state index contributed by atoms with van der Waals surface area (Å²) in [6.07, 6.45) is 4.74. The molecular formula is C13H28N2O. The predicted molar refractivity (Wildman–Crippen MR) is 70.0 cm³/mol. The molecule has 0 radical (unpaired) electrons. The molecule has 0 fully saturated rings. The lowest BCUT2D eigenvalue weighted by atomic mass is 9.83. The Morgan fingerprint density at radius 3 is 2.25 bits per heavy atom. The summed E-state index contributed by atoms with van der Waals surface area (Å²) in [4.78, 5) is 0. The first kappa shape index (κ1) is 15.5. The number of rotatable bonds is 6. The van der Waals surface area contributed by atoms with E-state index < -0.39 is 0 Å². The summed E-state index contributed by atoms with van der Waals surface area (Å²) in [7, 11) is 0. The van der Waals surface area contributed by atoms with Crippen LogP contribution in [0, 0.1) is 5.41 Å². The van der Waals surface area contributed by atoms with Gasteiger partial charge in [-0.15, -0.1) is 0 Å².